The number of thiazole rings is 1. The number of aliphatic hydroxyl groups excluding tert-OH is 1. The molecule has 5 atom stereocenters. The number of nitrogens with one attached hydrogen (secondary N) is 3. The van der Waals surface area contributed by atoms with Crippen LogP contribution in [-0.4, -0.2) is 81.9 Å². The van der Waals surface area contributed by atoms with Gasteiger partial charge in [-0.25, -0.2) is 9.37 Å². The predicted octanol–water partition coefficient (Wildman–Crippen LogP) is 4.06. The number of likely N-dealkylation sites (tertiary alicyclic amines) is 1. The van der Waals surface area contributed by atoms with Gasteiger partial charge in [-0.3, -0.25) is 24.0 Å². The summed E-state index contributed by atoms with van der Waals surface area (Å²) in [6.07, 6.45) is 1.22. The van der Waals surface area contributed by atoms with Crippen LogP contribution in [0.1, 0.15) is 88.6 Å². The monoisotopic (exact) mass is 794 g/mol. The molecule has 13 nitrogen and oxygen atoms in total. The van der Waals surface area contributed by atoms with Gasteiger partial charge in [-0.2, -0.15) is 0 Å². The number of aryl methyl sites for hydroxylation is 2. The molecular formula is C41H55FN6O7S. The number of benzene rings is 2. The van der Waals surface area contributed by atoms with Crippen LogP contribution in [0.25, 0.3) is 10.4 Å². The van der Waals surface area contributed by atoms with E-state index < -0.39 is 53.4 Å². The highest BCUT2D eigenvalue weighted by Gasteiger charge is 2.44. The Bertz CT molecular complexity index is 1810. The van der Waals surface area contributed by atoms with E-state index in [4.69, 9.17) is 10.5 Å². The molecule has 0 saturated carbocycles. The Hall–Kier alpha value is -4.73. The van der Waals surface area contributed by atoms with Crippen molar-refractivity contribution >= 4 is 41.4 Å². The molecule has 1 aliphatic rings. The molecule has 3 aromatic rings. The second kappa shape index (κ2) is 20.4. The van der Waals surface area contributed by atoms with Crippen molar-refractivity contribution < 1.29 is 38.2 Å². The van der Waals surface area contributed by atoms with Crippen LogP contribution in [0.15, 0.2) is 48.0 Å². The molecule has 0 radical (unpaired) electrons. The number of hydrogen-bond acceptors (Lipinski definition) is 9. The SMILES string of the molecule is Cc1ncsc1-c1ccc(CNC(=O)[C@@H]2C[C@@H](O)CN2C(=O)C(NC(=O)CCCCc2ccc(CO[C@H](C)[C@H](CCC(N)=O)NC=O)cc2F)C(C)(C)C)cc1. The summed E-state index contributed by atoms with van der Waals surface area (Å²) in [6, 6.07) is 10.4. The molecule has 0 spiro atoms. The average molecular weight is 795 g/mol. The first-order chi connectivity index (χ1) is 26.6. The Balaban J connectivity index is 1.25. The second-order valence-electron chi connectivity index (χ2n) is 15.5. The lowest BCUT2D eigenvalue weighted by Crippen LogP contribution is -2.57. The van der Waals surface area contributed by atoms with Gasteiger partial charge >= 0.3 is 0 Å². The molecule has 0 aliphatic carbocycles. The topological polar surface area (TPSA) is 193 Å². The molecule has 1 unspecified atom stereocenters. The average Bonchev–Trinajstić information content (AvgIpc) is 3.77. The number of ether oxygens (including phenoxy) is 1. The molecular weight excluding hydrogens is 740 g/mol. The minimum absolute atomic E-state index is 0.0212. The maximum atomic E-state index is 15.0. The normalized spacial score (nSPS) is 17.2. The molecule has 2 heterocycles. The van der Waals surface area contributed by atoms with Crippen molar-refractivity contribution in [2.45, 2.75) is 123 Å². The van der Waals surface area contributed by atoms with Gasteiger partial charge in [0.2, 0.25) is 30.0 Å². The van der Waals surface area contributed by atoms with Crippen molar-refractivity contribution in [3.05, 3.63) is 76.2 Å². The molecule has 1 aliphatic heterocycles. The van der Waals surface area contributed by atoms with E-state index in [2.05, 4.69) is 20.9 Å². The first-order valence-electron chi connectivity index (χ1n) is 19.0. The van der Waals surface area contributed by atoms with E-state index in [0.717, 1.165) is 21.7 Å². The Morgan fingerprint density at radius 2 is 1.82 bits per heavy atom. The lowest BCUT2D eigenvalue weighted by atomic mass is 9.85. The van der Waals surface area contributed by atoms with Crippen molar-refractivity contribution in [2.24, 2.45) is 11.1 Å². The summed E-state index contributed by atoms with van der Waals surface area (Å²) < 4.78 is 20.8. The first-order valence-corrected chi connectivity index (χ1v) is 19.9. The minimum Gasteiger partial charge on any atom is -0.391 e. The highest BCUT2D eigenvalue weighted by Crippen LogP contribution is 2.28. The number of carbonyl (C=O) groups excluding carboxylic acids is 5. The third-order valence-corrected chi connectivity index (χ3v) is 11.0. The molecule has 0 bridgehead atoms. The number of halogens is 1. The number of primary amides is 1. The Labute approximate surface area is 332 Å². The highest BCUT2D eigenvalue weighted by molar-refractivity contribution is 7.13. The number of aliphatic hydroxyl groups is 1. The summed E-state index contributed by atoms with van der Waals surface area (Å²) in [4.78, 5) is 69.3. The number of aromatic nitrogens is 1. The minimum atomic E-state index is -0.944. The quantitative estimate of drug-likeness (QED) is 0.0835. The first kappa shape index (κ1) is 44.0. The molecule has 1 aromatic heterocycles. The number of nitrogens with zero attached hydrogens (tertiary/aromatic N) is 2. The zero-order valence-electron chi connectivity index (χ0n) is 32.8. The molecule has 1 saturated heterocycles. The number of nitrogens with two attached hydrogens (primary N) is 1. The molecule has 304 valence electrons. The third-order valence-electron chi connectivity index (χ3n) is 9.99. The van der Waals surface area contributed by atoms with E-state index in [1.807, 2.05) is 52.0 Å². The fourth-order valence-corrected chi connectivity index (χ4v) is 7.49. The third kappa shape index (κ3) is 12.6. The highest BCUT2D eigenvalue weighted by atomic mass is 32.1. The van der Waals surface area contributed by atoms with Crippen LogP contribution < -0.4 is 21.7 Å². The van der Waals surface area contributed by atoms with Crippen LogP contribution in [0.3, 0.4) is 0 Å². The van der Waals surface area contributed by atoms with E-state index >= 15 is 0 Å². The van der Waals surface area contributed by atoms with E-state index in [1.165, 1.54) is 11.0 Å². The van der Waals surface area contributed by atoms with E-state index in [0.29, 0.717) is 43.2 Å². The Kier molecular flexibility index (Phi) is 16.1. The van der Waals surface area contributed by atoms with Crippen molar-refractivity contribution in [3.63, 3.8) is 0 Å². The lowest BCUT2D eigenvalue weighted by Gasteiger charge is -2.35. The number of β-amino-alcohol motifs (C(OH)–C–C–N with tert-alkyl or cyclic N) is 1. The van der Waals surface area contributed by atoms with Crippen LogP contribution in [0.2, 0.25) is 0 Å². The number of unbranched alkanes of at least 4 members (excludes halogenated alkanes) is 1. The summed E-state index contributed by atoms with van der Waals surface area (Å²) in [5.74, 6) is -2.03. The second-order valence-corrected chi connectivity index (χ2v) is 16.3. The molecule has 1 fully saturated rings. The fraction of sp³-hybridized carbons (Fsp3) is 0.512. The molecule has 56 heavy (non-hydrogen) atoms. The maximum absolute atomic E-state index is 15.0. The van der Waals surface area contributed by atoms with Gasteiger partial charge in [0, 0.05) is 32.4 Å². The standard InChI is InChI=1S/C41H55FN6O7S/c1-25-37(56-24-46-25)30-14-10-27(11-15-30)20-44-39(53)34-19-31(50)21-48(34)40(54)38(41(3,4)5)47-36(52)9-7-6-8-29-13-12-28(18-32(29)42)22-55-26(2)33(45-23-49)16-17-35(43)51/h10-15,18,23-24,26,31,33-34,38,50H,6-9,16-17,19-22H2,1-5H3,(H2,43,51)(H,44,53)(H,45,49)(H,47,52)/t26-,31-,33+,34+,38?/m1/s1. The number of amides is 5. The molecule has 15 heteroatoms. The van der Waals surface area contributed by atoms with Crippen molar-refractivity contribution in [1.82, 2.24) is 25.8 Å². The van der Waals surface area contributed by atoms with Crippen LogP contribution in [0.5, 0.6) is 0 Å². The smallest absolute Gasteiger partial charge is 0.246 e. The lowest BCUT2D eigenvalue weighted by molar-refractivity contribution is -0.144. The number of carbonyl (C=O) groups is 5. The van der Waals surface area contributed by atoms with Gasteiger partial charge < -0.3 is 36.4 Å². The van der Waals surface area contributed by atoms with Crippen LogP contribution in [0.4, 0.5) is 4.39 Å². The van der Waals surface area contributed by atoms with Crippen molar-refractivity contribution in [2.75, 3.05) is 6.54 Å². The van der Waals surface area contributed by atoms with Gasteiger partial charge in [0.25, 0.3) is 0 Å². The number of hydrogen-bond donors (Lipinski definition) is 5. The Morgan fingerprint density at radius 1 is 1.11 bits per heavy atom. The summed E-state index contributed by atoms with van der Waals surface area (Å²) in [6.45, 7) is 9.53. The zero-order chi connectivity index (χ0) is 41.0. The van der Waals surface area contributed by atoms with Gasteiger partial charge in [-0.15, -0.1) is 11.3 Å². The van der Waals surface area contributed by atoms with Gasteiger partial charge in [-0.05, 0) is 73.3 Å². The zero-order valence-corrected chi connectivity index (χ0v) is 33.6. The van der Waals surface area contributed by atoms with Crippen molar-refractivity contribution in [3.8, 4) is 10.4 Å². The van der Waals surface area contributed by atoms with Crippen LogP contribution in [0, 0.1) is 18.2 Å². The van der Waals surface area contributed by atoms with E-state index in [-0.39, 0.29) is 50.8 Å². The maximum Gasteiger partial charge on any atom is 0.246 e. The van der Waals surface area contributed by atoms with E-state index in [9.17, 15) is 33.5 Å². The fourth-order valence-electron chi connectivity index (χ4n) is 6.68. The summed E-state index contributed by atoms with van der Waals surface area (Å²) >= 11 is 1.56. The van der Waals surface area contributed by atoms with Crippen molar-refractivity contribution in [1.29, 1.82) is 0 Å². The van der Waals surface area contributed by atoms with E-state index in [1.54, 1.807) is 35.9 Å². The summed E-state index contributed by atoms with van der Waals surface area (Å²) in [5, 5.41) is 18.9. The summed E-state index contributed by atoms with van der Waals surface area (Å²) in [7, 11) is 0. The van der Waals surface area contributed by atoms with Gasteiger partial charge in [0.15, 0.2) is 0 Å². The Morgan fingerprint density at radius 3 is 2.45 bits per heavy atom. The number of rotatable bonds is 20. The molecule has 2 aromatic carbocycles. The molecule has 5 amide bonds. The van der Waals surface area contributed by atoms with Gasteiger partial charge in [-0.1, -0.05) is 57.2 Å². The largest absolute Gasteiger partial charge is 0.391 e. The predicted molar refractivity (Wildman–Crippen MR) is 211 cm³/mol. The summed E-state index contributed by atoms with van der Waals surface area (Å²) in [5.41, 5.74) is 10.3. The molecule has 4 rings (SSSR count). The van der Waals surface area contributed by atoms with Gasteiger partial charge in [0.05, 0.1) is 40.9 Å². The van der Waals surface area contributed by atoms with Gasteiger partial charge in [0.1, 0.15) is 17.9 Å². The molecule has 6 N–H and O–H groups in total. The van der Waals surface area contributed by atoms with Crippen LogP contribution in [-0.2, 0) is 48.3 Å². The van der Waals surface area contributed by atoms with Crippen LogP contribution >= 0.6 is 11.3 Å².